The third-order valence-electron chi connectivity index (χ3n) is 3.71. The van der Waals surface area contributed by atoms with Crippen molar-refractivity contribution in [3.8, 4) is 10.6 Å². The fourth-order valence-electron chi connectivity index (χ4n) is 2.42. The van der Waals surface area contributed by atoms with Crippen LogP contribution in [-0.4, -0.2) is 19.9 Å². The molecular formula is C18H16F2N2O2S2. The minimum Gasteiger partial charge on any atom is -0.241 e. The van der Waals surface area contributed by atoms with Gasteiger partial charge in [0.1, 0.15) is 16.6 Å². The molecule has 136 valence electrons. The van der Waals surface area contributed by atoms with Crippen molar-refractivity contribution in [2.24, 2.45) is 0 Å². The van der Waals surface area contributed by atoms with Gasteiger partial charge >= 0.3 is 0 Å². The van der Waals surface area contributed by atoms with E-state index in [2.05, 4.69) is 9.71 Å². The molecular weight excluding hydrogens is 378 g/mol. The summed E-state index contributed by atoms with van der Waals surface area (Å²) >= 11 is 1.40. The summed E-state index contributed by atoms with van der Waals surface area (Å²) in [5.74, 6) is -0.939. The highest BCUT2D eigenvalue weighted by molar-refractivity contribution is 7.89. The van der Waals surface area contributed by atoms with E-state index in [1.54, 1.807) is 12.1 Å². The normalized spacial score (nSPS) is 11.7. The van der Waals surface area contributed by atoms with E-state index in [0.29, 0.717) is 17.0 Å². The van der Waals surface area contributed by atoms with Crippen molar-refractivity contribution in [1.82, 2.24) is 9.71 Å². The third kappa shape index (κ3) is 4.32. The standard InChI is InChI=1S/C18H16F2N2O2S2/c1-12-17(25-18(22-12)13-4-2-5-14(19)10-13)8-9-21-26(23,24)16-7-3-6-15(20)11-16/h2-7,10-11,21H,8-9H2,1H3. The summed E-state index contributed by atoms with van der Waals surface area (Å²) in [6, 6.07) is 11.0. The monoisotopic (exact) mass is 394 g/mol. The summed E-state index contributed by atoms with van der Waals surface area (Å²) in [6.45, 7) is 1.99. The Balaban J connectivity index is 1.69. The van der Waals surface area contributed by atoms with Crippen LogP contribution in [0.2, 0.25) is 0 Å². The van der Waals surface area contributed by atoms with Gasteiger partial charge in [0, 0.05) is 17.0 Å². The van der Waals surface area contributed by atoms with Crippen molar-refractivity contribution in [3.05, 3.63) is 70.7 Å². The Labute approximate surface area is 154 Å². The molecule has 3 rings (SSSR count). The molecule has 0 radical (unpaired) electrons. The Morgan fingerprint density at radius 1 is 1.08 bits per heavy atom. The summed E-state index contributed by atoms with van der Waals surface area (Å²) in [5, 5.41) is 0.685. The highest BCUT2D eigenvalue weighted by Gasteiger charge is 2.15. The molecule has 2 aromatic carbocycles. The van der Waals surface area contributed by atoms with Gasteiger partial charge in [0.05, 0.1) is 10.6 Å². The summed E-state index contributed by atoms with van der Waals surface area (Å²) in [6.07, 6.45) is 0.438. The fourth-order valence-corrected chi connectivity index (χ4v) is 4.54. The van der Waals surface area contributed by atoms with Gasteiger partial charge < -0.3 is 0 Å². The first-order chi connectivity index (χ1) is 12.3. The van der Waals surface area contributed by atoms with E-state index < -0.39 is 15.8 Å². The Hall–Kier alpha value is -2.16. The molecule has 26 heavy (non-hydrogen) atoms. The van der Waals surface area contributed by atoms with Crippen LogP contribution in [0.5, 0.6) is 0 Å². The maximum Gasteiger partial charge on any atom is 0.240 e. The molecule has 8 heteroatoms. The summed E-state index contributed by atoms with van der Waals surface area (Å²) < 4.78 is 53.4. The van der Waals surface area contributed by atoms with Crippen molar-refractivity contribution in [2.45, 2.75) is 18.2 Å². The largest absolute Gasteiger partial charge is 0.241 e. The van der Waals surface area contributed by atoms with Gasteiger partial charge in [0.15, 0.2) is 0 Å². The lowest BCUT2D eigenvalue weighted by molar-refractivity contribution is 0.578. The molecule has 0 unspecified atom stereocenters. The second-order valence-corrected chi connectivity index (χ2v) is 8.49. The van der Waals surface area contributed by atoms with E-state index in [4.69, 9.17) is 0 Å². The van der Waals surface area contributed by atoms with Crippen molar-refractivity contribution >= 4 is 21.4 Å². The minimum atomic E-state index is -3.77. The molecule has 1 heterocycles. The molecule has 0 aliphatic carbocycles. The lowest BCUT2D eigenvalue weighted by Crippen LogP contribution is -2.26. The van der Waals surface area contributed by atoms with E-state index in [0.717, 1.165) is 16.6 Å². The van der Waals surface area contributed by atoms with Gasteiger partial charge in [-0.3, -0.25) is 0 Å². The number of aromatic nitrogens is 1. The molecule has 3 aromatic rings. The molecule has 0 amide bonds. The van der Waals surface area contributed by atoms with Crippen LogP contribution in [0, 0.1) is 18.6 Å². The number of sulfonamides is 1. The van der Waals surface area contributed by atoms with Gasteiger partial charge in [-0.05, 0) is 43.7 Å². The van der Waals surface area contributed by atoms with E-state index in [1.165, 1.54) is 41.7 Å². The quantitative estimate of drug-likeness (QED) is 0.689. The maximum absolute atomic E-state index is 13.4. The van der Waals surface area contributed by atoms with Crippen molar-refractivity contribution in [3.63, 3.8) is 0 Å². The molecule has 0 saturated carbocycles. The molecule has 0 fully saturated rings. The van der Waals surface area contributed by atoms with Crippen molar-refractivity contribution < 1.29 is 17.2 Å². The van der Waals surface area contributed by atoms with E-state index >= 15 is 0 Å². The van der Waals surface area contributed by atoms with Gasteiger partial charge in [-0.15, -0.1) is 11.3 Å². The lowest BCUT2D eigenvalue weighted by Gasteiger charge is -2.06. The zero-order valence-corrected chi connectivity index (χ0v) is 15.5. The molecule has 0 spiro atoms. The summed E-state index contributed by atoms with van der Waals surface area (Å²) in [5.41, 5.74) is 1.46. The van der Waals surface area contributed by atoms with Crippen LogP contribution >= 0.6 is 11.3 Å². The first-order valence-electron chi connectivity index (χ1n) is 7.82. The van der Waals surface area contributed by atoms with E-state index in [1.807, 2.05) is 6.92 Å². The van der Waals surface area contributed by atoms with E-state index in [-0.39, 0.29) is 17.3 Å². The first kappa shape index (κ1) is 18.6. The predicted molar refractivity (Wildman–Crippen MR) is 97.5 cm³/mol. The van der Waals surface area contributed by atoms with Crippen LogP contribution in [0.1, 0.15) is 10.6 Å². The Morgan fingerprint density at radius 2 is 1.77 bits per heavy atom. The molecule has 0 saturated heterocycles. The number of hydrogen-bond acceptors (Lipinski definition) is 4. The Bertz CT molecular complexity index is 1030. The van der Waals surface area contributed by atoms with Crippen LogP contribution in [0.3, 0.4) is 0 Å². The average molecular weight is 394 g/mol. The number of nitrogens with one attached hydrogen (secondary N) is 1. The number of hydrogen-bond donors (Lipinski definition) is 1. The number of nitrogens with zero attached hydrogens (tertiary/aromatic N) is 1. The number of thiazole rings is 1. The van der Waals surface area contributed by atoms with Crippen molar-refractivity contribution in [1.29, 1.82) is 0 Å². The highest BCUT2D eigenvalue weighted by Crippen LogP contribution is 2.28. The Morgan fingerprint density at radius 3 is 2.46 bits per heavy atom. The van der Waals surface area contributed by atoms with Crippen molar-refractivity contribution in [2.75, 3.05) is 6.54 Å². The second kappa shape index (κ2) is 7.61. The van der Waals surface area contributed by atoms with Crippen LogP contribution < -0.4 is 4.72 Å². The number of halogens is 2. The van der Waals surface area contributed by atoms with Gasteiger partial charge in [0.2, 0.25) is 10.0 Å². The van der Waals surface area contributed by atoms with Gasteiger partial charge in [0.25, 0.3) is 0 Å². The highest BCUT2D eigenvalue weighted by atomic mass is 32.2. The number of rotatable bonds is 6. The number of aryl methyl sites for hydroxylation is 1. The molecule has 1 N–H and O–H groups in total. The summed E-state index contributed by atoms with van der Waals surface area (Å²) in [7, 11) is -3.77. The van der Waals surface area contributed by atoms with Crippen LogP contribution in [-0.2, 0) is 16.4 Å². The smallest absolute Gasteiger partial charge is 0.240 e. The second-order valence-electron chi connectivity index (χ2n) is 5.64. The van der Waals surface area contributed by atoms with Crippen LogP contribution in [0.4, 0.5) is 8.78 Å². The fraction of sp³-hybridized carbons (Fsp3) is 0.167. The maximum atomic E-state index is 13.4. The minimum absolute atomic E-state index is 0.112. The van der Waals surface area contributed by atoms with Gasteiger partial charge in [-0.2, -0.15) is 0 Å². The SMILES string of the molecule is Cc1nc(-c2cccc(F)c2)sc1CCNS(=O)(=O)c1cccc(F)c1. The molecule has 0 bridgehead atoms. The van der Waals surface area contributed by atoms with Gasteiger partial charge in [-0.25, -0.2) is 26.9 Å². The Kier molecular flexibility index (Phi) is 5.45. The molecule has 4 nitrogen and oxygen atoms in total. The molecule has 0 atom stereocenters. The third-order valence-corrected chi connectivity index (χ3v) is 6.44. The molecule has 1 aromatic heterocycles. The number of benzene rings is 2. The lowest BCUT2D eigenvalue weighted by atomic mass is 10.2. The zero-order chi connectivity index (χ0) is 18.7. The van der Waals surface area contributed by atoms with Crippen LogP contribution in [0.25, 0.3) is 10.6 Å². The average Bonchev–Trinajstić information content (AvgIpc) is 2.96. The van der Waals surface area contributed by atoms with Crippen LogP contribution in [0.15, 0.2) is 53.4 Å². The molecule has 0 aliphatic heterocycles. The zero-order valence-electron chi connectivity index (χ0n) is 13.9. The predicted octanol–water partition coefficient (Wildman–Crippen LogP) is 3.92. The van der Waals surface area contributed by atoms with E-state index in [9.17, 15) is 17.2 Å². The van der Waals surface area contributed by atoms with Gasteiger partial charge in [-0.1, -0.05) is 18.2 Å². The first-order valence-corrected chi connectivity index (χ1v) is 10.1. The molecule has 0 aliphatic rings. The summed E-state index contributed by atoms with van der Waals surface area (Å²) in [4.78, 5) is 5.23. The topological polar surface area (TPSA) is 59.1 Å².